The van der Waals surface area contributed by atoms with E-state index < -0.39 is 0 Å². The molecule has 0 unspecified atom stereocenters. The van der Waals surface area contributed by atoms with Crippen LogP contribution in [0.25, 0.3) is 10.2 Å². The highest BCUT2D eigenvalue weighted by atomic mass is 32.1. The van der Waals surface area contributed by atoms with Gasteiger partial charge in [0.15, 0.2) is 0 Å². The average molecular weight is 409 g/mol. The Morgan fingerprint density at radius 3 is 2.72 bits per heavy atom. The minimum Gasteiger partial charge on any atom is -0.376 e. The molecule has 0 saturated heterocycles. The zero-order valence-corrected chi connectivity index (χ0v) is 17.3. The van der Waals surface area contributed by atoms with E-state index in [9.17, 15) is 9.59 Å². The van der Waals surface area contributed by atoms with Crippen LogP contribution in [0.4, 0.5) is 11.4 Å². The molecule has 1 fully saturated rings. The Balaban J connectivity index is 1.35. The first kappa shape index (κ1) is 19.4. The number of hydrogen-bond donors (Lipinski definition) is 3. The molecule has 0 spiro atoms. The van der Waals surface area contributed by atoms with E-state index in [1.807, 2.05) is 18.2 Å². The number of aromatic nitrogens is 1. The quantitative estimate of drug-likeness (QED) is 0.542. The number of carbonyl (C=O) groups is 2. The molecular weight excluding hydrogens is 384 g/mol. The molecule has 3 aromatic rings. The van der Waals surface area contributed by atoms with Crippen LogP contribution in [-0.2, 0) is 4.79 Å². The van der Waals surface area contributed by atoms with Gasteiger partial charge >= 0.3 is 0 Å². The van der Waals surface area contributed by atoms with Gasteiger partial charge in [-0.05, 0) is 49.2 Å². The zero-order chi connectivity index (χ0) is 20.4. The summed E-state index contributed by atoms with van der Waals surface area (Å²) in [6.07, 6.45) is 2.08. The minimum absolute atomic E-state index is 0.0969. The summed E-state index contributed by atoms with van der Waals surface area (Å²) in [5.74, 6) is 0.133. The van der Waals surface area contributed by atoms with Gasteiger partial charge in [0.1, 0.15) is 0 Å². The van der Waals surface area contributed by atoms with Crippen LogP contribution in [0.3, 0.4) is 0 Å². The van der Waals surface area contributed by atoms with E-state index in [2.05, 4.69) is 34.8 Å². The Hall–Kier alpha value is -2.93. The van der Waals surface area contributed by atoms with Crippen molar-refractivity contribution < 1.29 is 9.59 Å². The highest BCUT2D eigenvalue weighted by Gasteiger charge is 2.23. The van der Waals surface area contributed by atoms with Crippen LogP contribution in [0.15, 0.2) is 42.5 Å². The van der Waals surface area contributed by atoms with E-state index in [-0.39, 0.29) is 18.4 Å². The van der Waals surface area contributed by atoms with E-state index in [0.29, 0.717) is 23.2 Å². The average Bonchev–Trinajstić information content (AvgIpc) is 3.41. The predicted molar refractivity (Wildman–Crippen MR) is 118 cm³/mol. The number of rotatable bonds is 7. The Kier molecular flexibility index (Phi) is 5.49. The van der Waals surface area contributed by atoms with E-state index in [1.165, 1.54) is 0 Å². The monoisotopic (exact) mass is 408 g/mol. The normalized spacial score (nSPS) is 13.5. The number of thiazole rings is 1. The maximum absolute atomic E-state index is 12.3. The van der Waals surface area contributed by atoms with Crippen molar-refractivity contribution in [2.45, 2.75) is 38.6 Å². The summed E-state index contributed by atoms with van der Waals surface area (Å²) in [7, 11) is 0. The van der Waals surface area contributed by atoms with Gasteiger partial charge in [0.05, 0.1) is 21.8 Å². The summed E-state index contributed by atoms with van der Waals surface area (Å²) >= 11 is 1.68. The van der Waals surface area contributed by atoms with Crippen LogP contribution >= 0.6 is 11.3 Å². The molecule has 1 aliphatic rings. The zero-order valence-electron chi connectivity index (χ0n) is 16.5. The number of carbonyl (C=O) groups excluding carboxylic acids is 2. The summed E-state index contributed by atoms with van der Waals surface area (Å²) in [6.45, 7) is 4.40. The predicted octanol–water partition coefficient (Wildman–Crippen LogP) is 4.36. The molecule has 6 nitrogen and oxygen atoms in total. The second-order valence-corrected chi connectivity index (χ2v) is 8.68. The molecule has 0 atom stereocenters. The number of hydrogen-bond acceptors (Lipinski definition) is 5. The fourth-order valence-electron chi connectivity index (χ4n) is 2.92. The molecule has 4 rings (SSSR count). The Morgan fingerprint density at radius 2 is 1.97 bits per heavy atom. The van der Waals surface area contributed by atoms with Crippen molar-refractivity contribution in [1.82, 2.24) is 10.3 Å². The summed E-state index contributed by atoms with van der Waals surface area (Å²) in [6, 6.07) is 13.2. The Labute approximate surface area is 173 Å². The van der Waals surface area contributed by atoms with Crippen LogP contribution in [0.2, 0.25) is 0 Å². The molecule has 3 N–H and O–H groups in total. The molecule has 0 radical (unpaired) electrons. The molecule has 1 saturated carbocycles. The molecule has 150 valence electrons. The van der Waals surface area contributed by atoms with Gasteiger partial charge in [-0.3, -0.25) is 9.59 Å². The minimum atomic E-state index is -0.169. The van der Waals surface area contributed by atoms with Crippen LogP contribution < -0.4 is 16.0 Å². The number of amides is 2. The van der Waals surface area contributed by atoms with Crippen molar-refractivity contribution in [2.24, 2.45) is 0 Å². The van der Waals surface area contributed by atoms with Gasteiger partial charge in [-0.1, -0.05) is 19.9 Å². The largest absolute Gasteiger partial charge is 0.376 e. The van der Waals surface area contributed by atoms with Crippen molar-refractivity contribution in [3.63, 3.8) is 0 Å². The lowest BCUT2D eigenvalue weighted by Gasteiger charge is -2.09. The van der Waals surface area contributed by atoms with E-state index >= 15 is 0 Å². The smallest absolute Gasteiger partial charge is 0.251 e. The molecule has 0 aliphatic heterocycles. The van der Waals surface area contributed by atoms with Crippen molar-refractivity contribution in [3.8, 4) is 0 Å². The van der Waals surface area contributed by atoms with Gasteiger partial charge in [-0.25, -0.2) is 4.98 Å². The highest BCUT2D eigenvalue weighted by Crippen LogP contribution is 2.29. The summed E-state index contributed by atoms with van der Waals surface area (Å²) in [5, 5.41) is 10.1. The van der Waals surface area contributed by atoms with Gasteiger partial charge < -0.3 is 16.0 Å². The number of fused-ring (bicyclic) bond motifs is 1. The van der Waals surface area contributed by atoms with Crippen LogP contribution in [0, 0.1) is 0 Å². The molecule has 1 aromatic heterocycles. The highest BCUT2D eigenvalue weighted by molar-refractivity contribution is 7.18. The van der Waals surface area contributed by atoms with Crippen molar-refractivity contribution >= 4 is 44.7 Å². The van der Waals surface area contributed by atoms with Gasteiger partial charge in [0, 0.05) is 28.9 Å². The number of benzene rings is 2. The first-order chi connectivity index (χ1) is 14.0. The SMILES string of the molecule is CC(C)c1nc2ccc(NCC(=O)Nc3cccc(C(=O)NC4CC4)c3)cc2s1. The van der Waals surface area contributed by atoms with Crippen molar-refractivity contribution in [2.75, 3.05) is 17.2 Å². The second-order valence-electron chi connectivity index (χ2n) is 7.62. The molecule has 2 amide bonds. The fraction of sp³-hybridized carbons (Fsp3) is 0.318. The maximum Gasteiger partial charge on any atom is 0.251 e. The van der Waals surface area contributed by atoms with Crippen molar-refractivity contribution in [1.29, 1.82) is 0 Å². The van der Waals surface area contributed by atoms with Gasteiger partial charge in [-0.15, -0.1) is 11.3 Å². The molecule has 29 heavy (non-hydrogen) atoms. The Bertz CT molecular complexity index is 1060. The maximum atomic E-state index is 12.3. The number of nitrogens with one attached hydrogen (secondary N) is 3. The van der Waals surface area contributed by atoms with Crippen molar-refractivity contribution in [3.05, 3.63) is 53.0 Å². The summed E-state index contributed by atoms with van der Waals surface area (Å²) in [4.78, 5) is 29.1. The standard InChI is InChI=1S/C22H24N4O2S/c1-13(2)22-26-18-9-8-16(11-19(18)29-22)23-12-20(27)24-17-5-3-4-14(10-17)21(28)25-15-6-7-15/h3-5,8-11,13,15,23H,6-7,12H2,1-2H3,(H,24,27)(H,25,28). The lowest BCUT2D eigenvalue weighted by Crippen LogP contribution is -2.26. The third-order valence-corrected chi connectivity index (χ3v) is 5.99. The van der Waals surface area contributed by atoms with Gasteiger partial charge in [0.2, 0.25) is 5.91 Å². The van der Waals surface area contributed by atoms with Crippen LogP contribution in [-0.4, -0.2) is 29.4 Å². The van der Waals surface area contributed by atoms with Crippen LogP contribution in [0.5, 0.6) is 0 Å². The molecule has 1 aliphatic carbocycles. The molecule has 7 heteroatoms. The third-order valence-electron chi connectivity index (χ3n) is 4.67. The number of nitrogens with zero attached hydrogens (tertiary/aromatic N) is 1. The van der Waals surface area contributed by atoms with Gasteiger partial charge in [0.25, 0.3) is 5.91 Å². The molecule has 2 aromatic carbocycles. The Morgan fingerprint density at radius 1 is 1.14 bits per heavy atom. The lowest BCUT2D eigenvalue weighted by molar-refractivity contribution is -0.114. The third kappa shape index (κ3) is 4.92. The molecule has 0 bridgehead atoms. The van der Waals surface area contributed by atoms with E-state index in [0.717, 1.165) is 33.8 Å². The number of anilines is 2. The summed E-state index contributed by atoms with van der Waals surface area (Å²) < 4.78 is 1.11. The molecule has 1 heterocycles. The fourth-order valence-corrected chi connectivity index (χ4v) is 3.93. The second kappa shape index (κ2) is 8.21. The lowest BCUT2D eigenvalue weighted by atomic mass is 10.2. The van der Waals surface area contributed by atoms with Gasteiger partial charge in [-0.2, -0.15) is 0 Å². The first-order valence-corrected chi connectivity index (χ1v) is 10.6. The van der Waals surface area contributed by atoms with E-state index in [4.69, 9.17) is 0 Å². The van der Waals surface area contributed by atoms with E-state index in [1.54, 1.807) is 35.6 Å². The topological polar surface area (TPSA) is 83.1 Å². The molecular formula is C22H24N4O2S. The first-order valence-electron chi connectivity index (χ1n) is 9.83. The summed E-state index contributed by atoms with van der Waals surface area (Å²) in [5.41, 5.74) is 3.03. The van der Waals surface area contributed by atoms with Crippen LogP contribution in [0.1, 0.15) is 48.0 Å².